The van der Waals surface area contributed by atoms with Crippen molar-refractivity contribution in [2.24, 2.45) is 0 Å². The van der Waals surface area contributed by atoms with Gasteiger partial charge in [-0.15, -0.1) is 0 Å². The van der Waals surface area contributed by atoms with Gasteiger partial charge in [-0.1, -0.05) is 0 Å². The van der Waals surface area contributed by atoms with Crippen LogP contribution in [-0.2, 0) is 4.79 Å². The van der Waals surface area contributed by atoms with Crippen molar-refractivity contribution in [3.05, 3.63) is 28.4 Å². The zero-order valence-corrected chi connectivity index (χ0v) is 9.65. The third kappa shape index (κ3) is 2.24. The second-order valence-electron chi connectivity index (χ2n) is 4.15. The Morgan fingerprint density at radius 1 is 1.56 bits per heavy atom. The van der Waals surface area contributed by atoms with Crippen LogP contribution in [0.25, 0.3) is 0 Å². The maximum absolute atomic E-state index is 11.2. The summed E-state index contributed by atoms with van der Waals surface area (Å²) in [5, 5.41) is 20.1. The molecule has 0 radical (unpaired) electrons. The monoisotopic (exact) mass is 251 g/mol. The number of nitrogens with zero attached hydrogens (tertiary/aromatic N) is 3. The molecule has 1 aromatic heterocycles. The summed E-state index contributed by atoms with van der Waals surface area (Å²) in [5.74, 6) is -0.816. The molecular weight excluding hydrogens is 238 g/mol. The normalized spacial score (nSPS) is 19.6. The Kier molecular flexibility index (Phi) is 3.40. The van der Waals surface area contributed by atoms with Gasteiger partial charge in [-0.25, -0.2) is 9.78 Å². The molecule has 1 aromatic rings. The van der Waals surface area contributed by atoms with E-state index < -0.39 is 16.9 Å². The number of carbonyl (C=O) groups is 1. The molecule has 1 aliphatic rings. The van der Waals surface area contributed by atoms with Crippen LogP contribution in [0.2, 0.25) is 0 Å². The van der Waals surface area contributed by atoms with Crippen molar-refractivity contribution in [2.45, 2.75) is 25.3 Å². The first kappa shape index (κ1) is 12.3. The molecule has 0 spiro atoms. The minimum Gasteiger partial charge on any atom is -0.480 e. The SMILES string of the molecule is O=C(O)C1CCCCN1c1ncccc1[N+](=O)[O-]. The van der Waals surface area contributed by atoms with Crippen LogP contribution in [0.1, 0.15) is 19.3 Å². The minimum absolute atomic E-state index is 0.148. The van der Waals surface area contributed by atoms with E-state index >= 15 is 0 Å². The summed E-state index contributed by atoms with van der Waals surface area (Å²) in [7, 11) is 0. The summed E-state index contributed by atoms with van der Waals surface area (Å²) in [6, 6.07) is 2.09. The lowest BCUT2D eigenvalue weighted by Crippen LogP contribution is -2.45. The van der Waals surface area contributed by atoms with Crippen molar-refractivity contribution in [3.63, 3.8) is 0 Å². The highest BCUT2D eigenvalue weighted by Crippen LogP contribution is 2.30. The number of aliphatic carboxylic acids is 1. The fourth-order valence-corrected chi connectivity index (χ4v) is 2.19. The molecule has 1 aliphatic heterocycles. The highest BCUT2D eigenvalue weighted by molar-refractivity contribution is 5.79. The molecule has 1 fully saturated rings. The van der Waals surface area contributed by atoms with E-state index in [9.17, 15) is 14.9 Å². The molecule has 96 valence electrons. The fraction of sp³-hybridized carbons (Fsp3) is 0.455. The van der Waals surface area contributed by atoms with E-state index in [1.165, 1.54) is 23.2 Å². The lowest BCUT2D eigenvalue weighted by molar-refractivity contribution is -0.384. The molecule has 0 aromatic carbocycles. The molecule has 1 N–H and O–H groups in total. The highest BCUT2D eigenvalue weighted by Gasteiger charge is 2.33. The Bertz CT molecular complexity index is 477. The van der Waals surface area contributed by atoms with E-state index in [0.29, 0.717) is 13.0 Å². The van der Waals surface area contributed by atoms with Crippen LogP contribution in [0.5, 0.6) is 0 Å². The van der Waals surface area contributed by atoms with Crippen molar-refractivity contribution < 1.29 is 14.8 Å². The van der Waals surface area contributed by atoms with Crippen LogP contribution in [0.4, 0.5) is 11.5 Å². The Hall–Kier alpha value is -2.18. The van der Waals surface area contributed by atoms with Gasteiger partial charge in [0.1, 0.15) is 6.04 Å². The predicted octanol–water partition coefficient (Wildman–Crippen LogP) is 1.43. The summed E-state index contributed by atoms with van der Waals surface area (Å²) in [6.07, 6.45) is 3.56. The number of hydrogen-bond acceptors (Lipinski definition) is 5. The number of rotatable bonds is 3. The molecule has 7 heteroatoms. The summed E-state index contributed by atoms with van der Waals surface area (Å²) < 4.78 is 0. The highest BCUT2D eigenvalue weighted by atomic mass is 16.6. The topological polar surface area (TPSA) is 96.6 Å². The first-order valence-corrected chi connectivity index (χ1v) is 5.70. The third-order valence-corrected chi connectivity index (χ3v) is 3.02. The van der Waals surface area contributed by atoms with Crippen LogP contribution in [0.15, 0.2) is 18.3 Å². The minimum atomic E-state index is -0.963. The van der Waals surface area contributed by atoms with E-state index in [-0.39, 0.29) is 11.5 Å². The summed E-state index contributed by atoms with van der Waals surface area (Å²) in [6.45, 7) is 0.481. The van der Waals surface area contributed by atoms with Gasteiger partial charge in [-0.3, -0.25) is 10.1 Å². The second-order valence-corrected chi connectivity index (χ2v) is 4.15. The first-order valence-electron chi connectivity index (χ1n) is 5.70. The molecule has 7 nitrogen and oxygen atoms in total. The Morgan fingerprint density at radius 2 is 2.33 bits per heavy atom. The largest absolute Gasteiger partial charge is 0.480 e. The molecule has 2 heterocycles. The van der Waals surface area contributed by atoms with Crippen LogP contribution < -0.4 is 4.90 Å². The molecule has 1 unspecified atom stereocenters. The van der Waals surface area contributed by atoms with Crippen LogP contribution in [0, 0.1) is 10.1 Å². The maximum atomic E-state index is 11.2. The number of nitro groups is 1. The molecular formula is C11H13N3O4. The quantitative estimate of drug-likeness (QED) is 0.644. The van der Waals surface area contributed by atoms with Crippen LogP contribution >= 0.6 is 0 Å². The van der Waals surface area contributed by atoms with Gasteiger partial charge >= 0.3 is 11.7 Å². The zero-order valence-electron chi connectivity index (χ0n) is 9.65. The summed E-state index contributed by atoms with van der Waals surface area (Å²) >= 11 is 0. The van der Waals surface area contributed by atoms with Gasteiger partial charge in [0.25, 0.3) is 0 Å². The number of aromatic nitrogens is 1. The molecule has 0 saturated carbocycles. The van der Waals surface area contributed by atoms with E-state index in [0.717, 1.165) is 12.8 Å². The number of carboxylic acid groups (broad SMARTS) is 1. The third-order valence-electron chi connectivity index (χ3n) is 3.02. The summed E-state index contributed by atoms with van der Waals surface area (Å²) in [4.78, 5) is 27.1. The average Bonchev–Trinajstić information content (AvgIpc) is 2.38. The molecule has 0 amide bonds. The standard InChI is InChI=1S/C11H13N3O4/c15-11(16)9-4-1-2-7-13(9)10-8(14(17)18)5-3-6-12-10/h3,5-6,9H,1-2,4,7H2,(H,15,16). The fourth-order valence-electron chi connectivity index (χ4n) is 2.19. The number of pyridine rings is 1. The zero-order chi connectivity index (χ0) is 13.1. The van der Waals surface area contributed by atoms with Crippen LogP contribution in [0.3, 0.4) is 0 Å². The van der Waals surface area contributed by atoms with Gasteiger partial charge < -0.3 is 10.0 Å². The number of anilines is 1. The Morgan fingerprint density at radius 3 is 3.00 bits per heavy atom. The molecule has 1 saturated heterocycles. The lowest BCUT2D eigenvalue weighted by Gasteiger charge is -2.33. The molecule has 2 rings (SSSR count). The molecule has 0 aliphatic carbocycles. The van der Waals surface area contributed by atoms with E-state index in [1.807, 2.05) is 0 Å². The Balaban J connectivity index is 2.39. The number of carboxylic acids is 1. The smallest absolute Gasteiger partial charge is 0.326 e. The number of hydrogen-bond donors (Lipinski definition) is 1. The van der Waals surface area contributed by atoms with Gasteiger partial charge in [0.05, 0.1) is 4.92 Å². The van der Waals surface area contributed by atoms with Crippen molar-refractivity contribution in [1.29, 1.82) is 0 Å². The Labute approximate surface area is 103 Å². The van der Waals surface area contributed by atoms with Gasteiger partial charge in [0, 0.05) is 18.8 Å². The van der Waals surface area contributed by atoms with Crippen molar-refractivity contribution in [2.75, 3.05) is 11.4 Å². The predicted molar refractivity (Wildman–Crippen MR) is 63.5 cm³/mol. The first-order chi connectivity index (χ1) is 8.61. The number of piperidine rings is 1. The van der Waals surface area contributed by atoms with Crippen molar-refractivity contribution >= 4 is 17.5 Å². The molecule has 0 bridgehead atoms. The summed E-state index contributed by atoms with van der Waals surface area (Å²) in [5.41, 5.74) is -0.148. The van der Waals surface area contributed by atoms with Crippen LogP contribution in [-0.4, -0.2) is 33.6 Å². The van der Waals surface area contributed by atoms with Gasteiger partial charge in [0.2, 0.25) is 5.82 Å². The maximum Gasteiger partial charge on any atom is 0.326 e. The second kappa shape index (κ2) is 4.99. The van der Waals surface area contributed by atoms with Gasteiger partial charge in [-0.05, 0) is 25.3 Å². The van der Waals surface area contributed by atoms with E-state index in [4.69, 9.17) is 5.11 Å². The molecule has 1 atom stereocenters. The van der Waals surface area contributed by atoms with E-state index in [1.54, 1.807) is 0 Å². The van der Waals surface area contributed by atoms with Crippen molar-refractivity contribution in [1.82, 2.24) is 4.98 Å². The van der Waals surface area contributed by atoms with E-state index in [2.05, 4.69) is 4.98 Å². The van der Waals surface area contributed by atoms with Crippen molar-refractivity contribution in [3.8, 4) is 0 Å². The lowest BCUT2D eigenvalue weighted by atomic mass is 10.0. The van der Waals surface area contributed by atoms with Gasteiger partial charge in [0.15, 0.2) is 0 Å². The molecule has 18 heavy (non-hydrogen) atoms. The average molecular weight is 251 g/mol. The van der Waals surface area contributed by atoms with Gasteiger partial charge in [-0.2, -0.15) is 0 Å².